The maximum atomic E-state index is 5.89. The minimum atomic E-state index is 0.418. The minimum Gasteiger partial charge on any atom is -0.328 e. The van der Waals surface area contributed by atoms with Gasteiger partial charge in [-0.15, -0.1) is 0 Å². The maximum absolute atomic E-state index is 5.89. The number of nitrogens with two attached hydrogens (primary N) is 1. The molecule has 3 heteroatoms. The molecule has 0 heterocycles. The molecule has 0 aliphatic heterocycles. The van der Waals surface area contributed by atoms with Crippen LogP contribution in [0.25, 0.3) is 0 Å². The molecule has 3 nitrogen and oxygen atoms in total. The van der Waals surface area contributed by atoms with E-state index in [1.54, 1.807) is 7.11 Å². The molecule has 0 aromatic carbocycles. The molecule has 1 unspecified atom stereocenters. The van der Waals surface area contributed by atoms with Crippen LogP contribution in [0.15, 0.2) is 0 Å². The second-order valence-electron chi connectivity index (χ2n) is 4.37. The fourth-order valence-corrected chi connectivity index (χ4v) is 2.22. The zero-order valence-corrected chi connectivity index (χ0v) is 9.70. The largest absolute Gasteiger partial charge is 0.328 e. The van der Waals surface area contributed by atoms with Gasteiger partial charge in [0.2, 0.25) is 0 Å². The Morgan fingerprint density at radius 2 is 1.93 bits per heavy atom. The van der Waals surface area contributed by atoms with E-state index in [4.69, 9.17) is 10.6 Å². The van der Waals surface area contributed by atoms with Crippen LogP contribution in [0.5, 0.6) is 0 Å². The van der Waals surface area contributed by atoms with Crippen LogP contribution in [0.4, 0.5) is 0 Å². The van der Waals surface area contributed by atoms with E-state index in [2.05, 4.69) is 18.9 Å². The third-order valence-electron chi connectivity index (χ3n) is 3.34. The molecule has 1 atom stereocenters. The molecule has 0 bridgehead atoms. The van der Waals surface area contributed by atoms with Crippen molar-refractivity contribution in [3.05, 3.63) is 0 Å². The Morgan fingerprint density at radius 3 is 2.36 bits per heavy atom. The first kappa shape index (κ1) is 12.0. The van der Waals surface area contributed by atoms with Gasteiger partial charge in [-0.1, -0.05) is 6.92 Å². The fourth-order valence-electron chi connectivity index (χ4n) is 2.22. The summed E-state index contributed by atoms with van der Waals surface area (Å²) >= 11 is 0. The summed E-state index contributed by atoms with van der Waals surface area (Å²) in [5, 5.41) is 2.16. The van der Waals surface area contributed by atoms with E-state index in [-0.39, 0.29) is 0 Å². The van der Waals surface area contributed by atoms with Crippen LogP contribution in [0.2, 0.25) is 0 Å². The van der Waals surface area contributed by atoms with Crippen molar-refractivity contribution >= 4 is 0 Å². The molecule has 0 spiro atoms. The van der Waals surface area contributed by atoms with Gasteiger partial charge in [0.15, 0.2) is 0 Å². The highest BCUT2D eigenvalue weighted by atomic mass is 16.7. The van der Waals surface area contributed by atoms with Crippen molar-refractivity contribution in [2.45, 2.75) is 64.1 Å². The molecule has 14 heavy (non-hydrogen) atoms. The Hall–Kier alpha value is -0.120. The summed E-state index contributed by atoms with van der Waals surface area (Å²) < 4.78 is 0. The number of hydrogen-bond donors (Lipinski definition) is 1. The van der Waals surface area contributed by atoms with Crippen molar-refractivity contribution in [1.29, 1.82) is 0 Å². The van der Waals surface area contributed by atoms with Crippen LogP contribution in [0.3, 0.4) is 0 Å². The molecular formula is C11H24N2O. The Morgan fingerprint density at radius 1 is 1.36 bits per heavy atom. The van der Waals surface area contributed by atoms with Crippen LogP contribution in [-0.4, -0.2) is 30.3 Å². The van der Waals surface area contributed by atoms with Crippen LogP contribution >= 0.6 is 0 Å². The molecule has 0 radical (unpaired) electrons. The van der Waals surface area contributed by atoms with Crippen LogP contribution in [-0.2, 0) is 4.84 Å². The van der Waals surface area contributed by atoms with Crippen molar-refractivity contribution in [3.8, 4) is 0 Å². The molecule has 1 aliphatic rings. The molecule has 2 N–H and O–H groups in total. The van der Waals surface area contributed by atoms with E-state index in [0.717, 1.165) is 19.3 Å². The quantitative estimate of drug-likeness (QED) is 0.705. The molecule has 1 saturated carbocycles. The van der Waals surface area contributed by atoms with Gasteiger partial charge in [-0.05, 0) is 39.0 Å². The van der Waals surface area contributed by atoms with Crippen LogP contribution in [0, 0.1) is 0 Å². The first-order valence-corrected chi connectivity index (χ1v) is 5.77. The third-order valence-corrected chi connectivity index (χ3v) is 3.34. The Kier molecular flexibility index (Phi) is 4.85. The summed E-state index contributed by atoms with van der Waals surface area (Å²) in [6.45, 7) is 4.42. The van der Waals surface area contributed by atoms with Gasteiger partial charge < -0.3 is 10.6 Å². The number of hydroxylamine groups is 2. The van der Waals surface area contributed by atoms with E-state index in [0.29, 0.717) is 18.1 Å². The highest BCUT2D eigenvalue weighted by molar-refractivity contribution is 4.80. The number of rotatable bonds is 4. The first-order valence-electron chi connectivity index (χ1n) is 5.77. The van der Waals surface area contributed by atoms with E-state index in [1.807, 2.05) is 0 Å². The van der Waals surface area contributed by atoms with Crippen LogP contribution in [0.1, 0.15) is 46.0 Å². The van der Waals surface area contributed by atoms with Crippen molar-refractivity contribution in [1.82, 2.24) is 5.06 Å². The van der Waals surface area contributed by atoms with Crippen molar-refractivity contribution in [3.63, 3.8) is 0 Å². The standard InChI is InChI=1S/C11H24N2O/c1-4-9(2)13(14-3)11-7-5-10(12)6-8-11/h9-11H,4-8,12H2,1-3H3. The van der Waals surface area contributed by atoms with Gasteiger partial charge in [0.1, 0.15) is 0 Å². The molecule has 1 rings (SSSR count). The minimum absolute atomic E-state index is 0.418. The topological polar surface area (TPSA) is 38.5 Å². The van der Waals surface area contributed by atoms with Crippen molar-refractivity contribution in [2.75, 3.05) is 7.11 Å². The van der Waals surface area contributed by atoms with E-state index < -0.39 is 0 Å². The highest BCUT2D eigenvalue weighted by Crippen LogP contribution is 2.24. The van der Waals surface area contributed by atoms with Gasteiger partial charge in [0, 0.05) is 18.1 Å². The molecule has 1 aliphatic carbocycles. The highest BCUT2D eigenvalue weighted by Gasteiger charge is 2.26. The van der Waals surface area contributed by atoms with Gasteiger partial charge in [-0.2, -0.15) is 5.06 Å². The fraction of sp³-hybridized carbons (Fsp3) is 1.00. The van der Waals surface area contributed by atoms with E-state index in [9.17, 15) is 0 Å². The summed E-state index contributed by atoms with van der Waals surface area (Å²) in [7, 11) is 1.78. The van der Waals surface area contributed by atoms with Crippen LogP contribution < -0.4 is 5.73 Å². The Balaban J connectivity index is 2.44. The number of hydrogen-bond acceptors (Lipinski definition) is 3. The first-order chi connectivity index (χ1) is 6.69. The Labute approximate surface area is 87.6 Å². The molecule has 1 fully saturated rings. The average Bonchev–Trinajstić information content (AvgIpc) is 2.21. The predicted octanol–water partition coefficient (Wildman–Crippen LogP) is 1.92. The lowest BCUT2D eigenvalue weighted by Crippen LogP contribution is -2.44. The van der Waals surface area contributed by atoms with Gasteiger partial charge in [-0.25, -0.2) is 0 Å². The SMILES string of the molecule is CCC(C)N(OC)C1CCC(N)CC1. The second kappa shape index (κ2) is 5.69. The molecular weight excluding hydrogens is 176 g/mol. The molecule has 0 aromatic heterocycles. The van der Waals surface area contributed by atoms with E-state index in [1.165, 1.54) is 12.8 Å². The molecule has 0 aromatic rings. The lowest BCUT2D eigenvalue weighted by Gasteiger charge is -2.37. The molecule has 84 valence electrons. The number of nitrogens with zero attached hydrogens (tertiary/aromatic N) is 1. The molecule has 0 saturated heterocycles. The monoisotopic (exact) mass is 200 g/mol. The maximum Gasteiger partial charge on any atom is 0.0575 e. The normalized spacial score (nSPS) is 30.6. The van der Waals surface area contributed by atoms with Gasteiger partial charge in [-0.3, -0.25) is 0 Å². The smallest absolute Gasteiger partial charge is 0.0575 e. The summed E-state index contributed by atoms with van der Waals surface area (Å²) in [6.07, 6.45) is 5.77. The zero-order valence-electron chi connectivity index (χ0n) is 9.70. The van der Waals surface area contributed by atoms with Gasteiger partial charge in [0.05, 0.1) is 7.11 Å². The van der Waals surface area contributed by atoms with E-state index >= 15 is 0 Å². The van der Waals surface area contributed by atoms with Gasteiger partial charge in [0.25, 0.3) is 0 Å². The summed E-state index contributed by atoms with van der Waals surface area (Å²) in [4.78, 5) is 5.47. The Bertz CT molecular complexity index is 155. The lowest BCUT2D eigenvalue weighted by molar-refractivity contribution is -0.193. The van der Waals surface area contributed by atoms with Crippen molar-refractivity contribution < 1.29 is 4.84 Å². The summed E-state index contributed by atoms with van der Waals surface area (Å²) in [5.74, 6) is 0. The third kappa shape index (κ3) is 2.94. The summed E-state index contributed by atoms with van der Waals surface area (Å²) in [6, 6.07) is 1.51. The zero-order chi connectivity index (χ0) is 10.6. The summed E-state index contributed by atoms with van der Waals surface area (Å²) in [5.41, 5.74) is 5.89. The van der Waals surface area contributed by atoms with Gasteiger partial charge >= 0.3 is 0 Å². The molecule has 0 amide bonds. The lowest BCUT2D eigenvalue weighted by atomic mass is 9.91. The second-order valence-corrected chi connectivity index (χ2v) is 4.37. The average molecular weight is 200 g/mol. The predicted molar refractivity (Wildman–Crippen MR) is 58.8 cm³/mol. The van der Waals surface area contributed by atoms with Crippen molar-refractivity contribution in [2.24, 2.45) is 5.73 Å².